The predicted octanol–water partition coefficient (Wildman–Crippen LogP) is 3.37. The summed E-state index contributed by atoms with van der Waals surface area (Å²) in [5.74, 6) is -1.02. The Morgan fingerprint density at radius 2 is 1.90 bits per heavy atom. The van der Waals surface area contributed by atoms with Crippen LogP contribution in [0.5, 0.6) is 5.75 Å². The van der Waals surface area contributed by atoms with Gasteiger partial charge in [0.1, 0.15) is 17.4 Å². The van der Waals surface area contributed by atoms with Crippen LogP contribution < -0.4 is 10.1 Å². The van der Waals surface area contributed by atoms with Crippen molar-refractivity contribution in [1.29, 1.82) is 0 Å². The number of carbonyl (C=O) groups excluding carboxylic acids is 2. The first-order valence-electron chi connectivity index (χ1n) is 9.04. The number of oxime groups is 1. The summed E-state index contributed by atoms with van der Waals surface area (Å²) in [5, 5.41) is 7.02. The molecule has 2 aromatic carbocycles. The minimum absolute atomic E-state index is 0.137. The molecule has 7 nitrogen and oxygen atoms in total. The first-order valence-corrected chi connectivity index (χ1v) is 9.04. The van der Waals surface area contributed by atoms with Crippen molar-refractivity contribution in [2.24, 2.45) is 11.1 Å². The Balaban J connectivity index is 1.67. The number of furan rings is 1. The third-order valence-electron chi connectivity index (χ3n) is 5.29. The van der Waals surface area contributed by atoms with Gasteiger partial charge in [-0.25, -0.2) is 0 Å². The average Bonchev–Trinajstić information content (AvgIpc) is 3.48. The van der Waals surface area contributed by atoms with Crippen LogP contribution in [0.25, 0.3) is 0 Å². The Morgan fingerprint density at radius 3 is 2.62 bits per heavy atom. The number of methoxy groups -OCH3 is 1. The fourth-order valence-electron chi connectivity index (χ4n) is 3.90. The summed E-state index contributed by atoms with van der Waals surface area (Å²) >= 11 is 0. The van der Waals surface area contributed by atoms with Gasteiger partial charge in [0.2, 0.25) is 5.78 Å². The molecule has 2 aliphatic rings. The molecular formula is C22H16N2O5. The molecular weight excluding hydrogens is 372 g/mol. The van der Waals surface area contributed by atoms with Gasteiger partial charge in [0.05, 0.1) is 13.4 Å². The highest BCUT2D eigenvalue weighted by atomic mass is 16.7. The van der Waals surface area contributed by atoms with Gasteiger partial charge in [-0.1, -0.05) is 23.4 Å². The molecule has 29 heavy (non-hydrogen) atoms. The van der Waals surface area contributed by atoms with E-state index in [1.54, 1.807) is 61.7 Å². The first kappa shape index (κ1) is 17.2. The van der Waals surface area contributed by atoms with Gasteiger partial charge >= 0.3 is 0 Å². The molecule has 1 aromatic heterocycles. The molecule has 144 valence electrons. The third kappa shape index (κ3) is 2.40. The van der Waals surface area contributed by atoms with Crippen molar-refractivity contribution in [3.8, 4) is 5.75 Å². The van der Waals surface area contributed by atoms with Gasteiger partial charge in [0.15, 0.2) is 5.76 Å². The van der Waals surface area contributed by atoms with Crippen LogP contribution in [-0.4, -0.2) is 24.5 Å². The Kier molecular flexibility index (Phi) is 3.77. The number of nitrogens with zero attached hydrogens (tertiary/aromatic N) is 1. The van der Waals surface area contributed by atoms with Gasteiger partial charge in [0.25, 0.3) is 11.5 Å². The maximum atomic E-state index is 13.5. The summed E-state index contributed by atoms with van der Waals surface area (Å²) in [6, 6.07) is 17.4. The van der Waals surface area contributed by atoms with Crippen LogP contribution in [0.1, 0.15) is 21.7 Å². The molecule has 3 aromatic rings. The Morgan fingerprint density at radius 1 is 1.10 bits per heavy atom. The molecule has 2 atom stereocenters. The summed E-state index contributed by atoms with van der Waals surface area (Å²) in [5.41, 5.74) is 0.601. The van der Waals surface area contributed by atoms with Crippen molar-refractivity contribution in [2.45, 2.75) is 5.60 Å². The van der Waals surface area contributed by atoms with E-state index >= 15 is 0 Å². The maximum absolute atomic E-state index is 13.5. The van der Waals surface area contributed by atoms with Gasteiger partial charge in [0, 0.05) is 16.8 Å². The number of amides is 1. The molecule has 5 rings (SSSR count). The van der Waals surface area contributed by atoms with Gasteiger partial charge in [-0.2, -0.15) is 0 Å². The molecule has 1 amide bonds. The van der Waals surface area contributed by atoms with Crippen LogP contribution in [0, 0.1) is 5.92 Å². The van der Waals surface area contributed by atoms with E-state index in [0.717, 1.165) is 0 Å². The summed E-state index contributed by atoms with van der Waals surface area (Å²) < 4.78 is 10.5. The molecule has 0 fully saturated rings. The van der Waals surface area contributed by atoms with Gasteiger partial charge < -0.3 is 19.3 Å². The second-order valence-electron chi connectivity index (χ2n) is 6.81. The second-order valence-corrected chi connectivity index (χ2v) is 6.81. The fourth-order valence-corrected chi connectivity index (χ4v) is 3.90. The topological polar surface area (TPSA) is 90.1 Å². The van der Waals surface area contributed by atoms with E-state index in [9.17, 15) is 9.59 Å². The number of hydrogen-bond acceptors (Lipinski definition) is 6. The number of hydrogen-bond donors (Lipinski definition) is 1. The van der Waals surface area contributed by atoms with E-state index in [0.29, 0.717) is 28.3 Å². The van der Waals surface area contributed by atoms with Gasteiger partial charge in [-0.3, -0.25) is 9.59 Å². The number of para-hydroxylation sites is 1. The van der Waals surface area contributed by atoms with Crippen LogP contribution in [0.4, 0.5) is 5.69 Å². The molecule has 3 heterocycles. The lowest BCUT2D eigenvalue weighted by Crippen LogP contribution is -2.46. The number of Topliss-reactive ketones (excluding diaryl/α,β-unsaturated/α-hetero) is 1. The van der Waals surface area contributed by atoms with E-state index in [4.69, 9.17) is 14.0 Å². The lowest BCUT2D eigenvalue weighted by atomic mass is 9.75. The number of ketones is 1. The van der Waals surface area contributed by atoms with Crippen molar-refractivity contribution < 1.29 is 23.6 Å². The standard InChI is InChI=1S/C22H16N2O5/c1-27-14-10-8-13(9-11-14)19-18(20(25)17-7-4-12-28-17)22(29-24-19)15-5-2-3-6-16(15)23-21(22)26/h2-12,18H,1H3,(H,23,26)/t18-,22+/m0/s1. The number of nitrogens with one attached hydrogen (secondary N) is 1. The molecule has 0 unspecified atom stereocenters. The zero-order valence-electron chi connectivity index (χ0n) is 15.4. The number of anilines is 1. The van der Waals surface area contributed by atoms with Gasteiger partial charge in [-0.15, -0.1) is 0 Å². The summed E-state index contributed by atoms with van der Waals surface area (Å²) in [6.45, 7) is 0. The van der Waals surface area contributed by atoms with Crippen LogP contribution in [0.15, 0.2) is 76.5 Å². The smallest absolute Gasteiger partial charge is 0.277 e. The Hall–Kier alpha value is -3.87. The van der Waals surface area contributed by atoms with Gasteiger partial charge in [-0.05, 0) is 42.5 Å². The molecule has 0 bridgehead atoms. The van der Waals surface area contributed by atoms with Crippen molar-refractivity contribution in [1.82, 2.24) is 0 Å². The minimum Gasteiger partial charge on any atom is -0.497 e. The highest BCUT2D eigenvalue weighted by molar-refractivity contribution is 6.24. The van der Waals surface area contributed by atoms with E-state index < -0.39 is 17.4 Å². The van der Waals surface area contributed by atoms with Crippen LogP contribution in [-0.2, 0) is 15.2 Å². The number of fused-ring (bicyclic) bond motifs is 2. The highest BCUT2D eigenvalue weighted by Crippen LogP contribution is 2.49. The molecule has 0 radical (unpaired) electrons. The number of ether oxygens (including phenoxy) is 1. The number of rotatable bonds is 4. The van der Waals surface area contributed by atoms with E-state index in [1.807, 2.05) is 6.07 Å². The first-order chi connectivity index (χ1) is 14.1. The Bertz CT molecular complexity index is 1130. The summed E-state index contributed by atoms with van der Waals surface area (Å²) in [4.78, 5) is 32.4. The summed E-state index contributed by atoms with van der Waals surface area (Å²) in [6.07, 6.45) is 1.42. The van der Waals surface area contributed by atoms with Crippen LogP contribution in [0.3, 0.4) is 0 Å². The average molecular weight is 388 g/mol. The third-order valence-corrected chi connectivity index (χ3v) is 5.29. The van der Waals surface area contributed by atoms with Crippen molar-refractivity contribution >= 4 is 23.1 Å². The monoisotopic (exact) mass is 388 g/mol. The largest absolute Gasteiger partial charge is 0.497 e. The molecule has 2 aliphatic heterocycles. The number of benzene rings is 2. The lowest BCUT2D eigenvalue weighted by molar-refractivity contribution is -0.140. The SMILES string of the molecule is COc1ccc(C2=NO[C@@]3(C(=O)Nc4ccccc43)[C@@H]2C(=O)c2ccco2)cc1. The second kappa shape index (κ2) is 6.34. The molecule has 0 aliphatic carbocycles. The van der Waals surface area contributed by atoms with Crippen LogP contribution >= 0.6 is 0 Å². The summed E-state index contributed by atoms with van der Waals surface area (Å²) in [7, 11) is 1.57. The Labute approximate surface area is 165 Å². The normalized spacial score (nSPS) is 22.0. The number of carbonyl (C=O) groups is 2. The molecule has 1 spiro atoms. The molecule has 7 heteroatoms. The predicted molar refractivity (Wildman–Crippen MR) is 104 cm³/mol. The molecule has 0 saturated carbocycles. The van der Waals surface area contributed by atoms with Crippen molar-refractivity contribution in [3.63, 3.8) is 0 Å². The van der Waals surface area contributed by atoms with Crippen LogP contribution in [0.2, 0.25) is 0 Å². The quantitative estimate of drug-likeness (QED) is 0.692. The minimum atomic E-state index is -1.59. The fraction of sp³-hybridized carbons (Fsp3) is 0.136. The zero-order chi connectivity index (χ0) is 20.0. The molecule has 1 N–H and O–H groups in total. The zero-order valence-corrected chi connectivity index (χ0v) is 15.4. The van der Waals surface area contributed by atoms with E-state index in [1.165, 1.54) is 6.26 Å². The van der Waals surface area contributed by atoms with E-state index in [2.05, 4.69) is 10.5 Å². The molecule has 0 saturated heterocycles. The lowest BCUT2D eigenvalue weighted by Gasteiger charge is -2.26. The van der Waals surface area contributed by atoms with Crippen molar-refractivity contribution in [3.05, 3.63) is 83.8 Å². The van der Waals surface area contributed by atoms with Crippen molar-refractivity contribution in [2.75, 3.05) is 12.4 Å². The highest BCUT2D eigenvalue weighted by Gasteiger charge is 2.63. The maximum Gasteiger partial charge on any atom is 0.277 e. The van der Waals surface area contributed by atoms with E-state index in [-0.39, 0.29) is 11.5 Å².